The van der Waals surface area contributed by atoms with Crippen LogP contribution in [0.3, 0.4) is 0 Å². The fraction of sp³-hybridized carbons (Fsp3) is 0.400. The van der Waals surface area contributed by atoms with Gasteiger partial charge >= 0.3 is 0 Å². The van der Waals surface area contributed by atoms with E-state index >= 15 is 0 Å². The molecule has 0 saturated carbocycles. The summed E-state index contributed by atoms with van der Waals surface area (Å²) in [5, 5.41) is 4.76. The molecule has 1 heterocycles. The lowest BCUT2D eigenvalue weighted by Crippen LogP contribution is -2.22. The molecule has 1 aromatic carbocycles. The van der Waals surface area contributed by atoms with Crippen molar-refractivity contribution in [2.24, 2.45) is 5.92 Å². The van der Waals surface area contributed by atoms with Crippen molar-refractivity contribution in [2.75, 3.05) is 13.1 Å². The summed E-state index contributed by atoms with van der Waals surface area (Å²) in [6.45, 7) is 6.58. The molecule has 0 bridgehead atoms. The fourth-order valence-electron chi connectivity index (χ4n) is 2.00. The van der Waals surface area contributed by atoms with Gasteiger partial charge in [0.25, 0.3) is 0 Å². The number of hydrogen-bond acceptors (Lipinski definition) is 2. The zero-order valence-corrected chi connectivity index (χ0v) is 10.6. The average molecular weight is 228 g/mol. The molecule has 90 valence electrons. The van der Waals surface area contributed by atoms with Gasteiger partial charge in [0.1, 0.15) is 0 Å². The molecule has 2 nitrogen and oxygen atoms in total. The van der Waals surface area contributed by atoms with Crippen LogP contribution in [0.25, 0.3) is 10.9 Å². The number of fused-ring (bicyclic) bond motifs is 1. The highest BCUT2D eigenvalue weighted by Crippen LogP contribution is 2.16. The van der Waals surface area contributed by atoms with Crippen molar-refractivity contribution in [3.05, 3.63) is 42.1 Å². The number of aromatic nitrogens is 1. The van der Waals surface area contributed by atoms with Crippen molar-refractivity contribution in [3.8, 4) is 0 Å². The standard InChI is InChI=1S/C15H20N2/c1-12(2)11-16-10-8-13-5-3-7-15-14(13)6-4-9-17-15/h3-7,9,12,16H,8,10-11H2,1-2H3. The Labute approximate surface area is 103 Å². The Kier molecular flexibility index (Phi) is 4.10. The minimum absolute atomic E-state index is 0.712. The summed E-state index contributed by atoms with van der Waals surface area (Å²) in [6.07, 6.45) is 2.92. The third kappa shape index (κ3) is 3.27. The van der Waals surface area contributed by atoms with Crippen LogP contribution in [0.2, 0.25) is 0 Å². The molecule has 1 N–H and O–H groups in total. The van der Waals surface area contributed by atoms with Crippen LogP contribution in [0, 0.1) is 5.92 Å². The second kappa shape index (κ2) is 5.78. The Morgan fingerprint density at radius 1 is 1.18 bits per heavy atom. The van der Waals surface area contributed by atoms with Gasteiger partial charge in [-0.2, -0.15) is 0 Å². The maximum absolute atomic E-state index is 4.38. The second-order valence-corrected chi connectivity index (χ2v) is 4.84. The first-order chi connectivity index (χ1) is 8.27. The van der Waals surface area contributed by atoms with Gasteiger partial charge in [0.2, 0.25) is 0 Å². The lowest BCUT2D eigenvalue weighted by molar-refractivity contribution is 0.555. The van der Waals surface area contributed by atoms with Gasteiger partial charge in [0.15, 0.2) is 0 Å². The number of hydrogen-bond donors (Lipinski definition) is 1. The predicted molar refractivity (Wildman–Crippen MR) is 73.2 cm³/mol. The maximum atomic E-state index is 4.38. The van der Waals surface area contributed by atoms with Gasteiger partial charge in [0, 0.05) is 11.6 Å². The highest BCUT2D eigenvalue weighted by Gasteiger charge is 2.00. The minimum atomic E-state index is 0.712. The van der Waals surface area contributed by atoms with Gasteiger partial charge in [0.05, 0.1) is 5.52 Å². The van der Waals surface area contributed by atoms with E-state index in [1.807, 2.05) is 12.3 Å². The van der Waals surface area contributed by atoms with Gasteiger partial charge in [-0.3, -0.25) is 4.98 Å². The molecule has 2 aromatic rings. The molecule has 0 amide bonds. The zero-order valence-electron chi connectivity index (χ0n) is 10.6. The molecule has 0 saturated heterocycles. The molecular formula is C15H20N2. The molecule has 17 heavy (non-hydrogen) atoms. The summed E-state index contributed by atoms with van der Waals surface area (Å²) in [5.74, 6) is 0.712. The van der Waals surface area contributed by atoms with Crippen LogP contribution in [0.5, 0.6) is 0 Å². The van der Waals surface area contributed by atoms with E-state index in [2.05, 4.69) is 48.4 Å². The molecule has 0 atom stereocenters. The summed E-state index contributed by atoms with van der Waals surface area (Å²) in [6, 6.07) is 10.5. The Bertz CT molecular complexity index is 472. The van der Waals surface area contributed by atoms with Crippen LogP contribution in [0.15, 0.2) is 36.5 Å². The van der Waals surface area contributed by atoms with Crippen LogP contribution in [-0.4, -0.2) is 18.1 Å². The maximum Gasteiger partial charge on any atom is 0.0704 e. The Morgan fingerprint density at radius 3 is 2.88 bits per heavy atom. The number of nitrogens with one attached hydrogen (secondary N) is 1. The first-order valence-corrected chi connectivity index (χ1v) is 6.30. The van der Waals surface area contributed by atoms with Gasteiger partial charge in [-0.05, 0) is 43.1 Å². The van der Waals surface area contributed by atoms with Crippen LogP contribution in [0.4, 0.5) is 0 Å². The van der Waals surface area contributed by atoms with E-state index in [1.165, 1.54) is 10.9 Å². The SMILES string of the molecule is CC(C)CNCCc1cccc2ncccc12. The molecule has 0 radical (unpaired) electrons. The quantitative estimate of drug-likeness (QED) is 0.796. The van der Waals surface area contributed by atoms with Crippen molar-refractivity contribution in [2.45, 2.75) is 20.3 Å². The van der Waals surface area contributed by atoms with Crippen LogP contribution >= 0.6 is 0 Å². The summed E-state index contributed by atoms with van der Waals surface area (Å²) >= 11 is 0. The van der Waals surface area contributed by atoms with E-state index in [0.717, 1.165) is 25.0 Å². The molecule has 0 aliphatic carbocycles. The van der Waals surface area contributed by atoms with E-state index in [1.54, 1.807) is 0 Å². The average Bonchev–Trinajstić information content (AvgIpc) is 2.34. The Hall–Kier alpha value is -1.41. The van der Waals surface area contributed by atoms with Crippen LogP contribution < -0.4 is 5.32 Å². The second-order valence-electron chi connectivity index (χ2n) is 4.84. The van der Waals surface area contributed by atoms with E-state index < -0.39 is 0 Å². The molecular weight excluding hydrogens is 208 g/mol. The molecule has 0 unspecified atom stereocenters. The smallest absolute Gasteiger partial charge is 0.0704 e. The van der Waals surface area contributed by atoms with Crippen molar-refractivity contribution >= 4 is 10.9 Å². The molecule has 2 rings (SSSR count). The number of nitrogens with zero attached hydrogens (tertiary/aromatic N) is 1. The first kappa shape index (κ1) is 12.1. The number of rotatable bonds is 5. The zero-order chi connectivity index (χ0) is 12.1. The Morgan fingerprint density at radius 2 is 2.06 bits per heavy atom. The van der Waals surface area contributed by atoms with E-state index in [9.17, 15) is 0 Å². The van der Waals surface area contributed by atoms with Crippen LogP contribution in [-0.2, 0) is 6.42 Å². The molecule has 2 heteroatoms. The Balaban J connectivity index is 2.03. The molecule has 1 aromatic heterocycles. The topological polar surface area (TPSA) is 24.9 Å². The van der Waals surface area contributed by atoms with Crippen molar-refractivity contribution < 1.29 is 0 Å². The molecule has 0 aliphatic rings. The number of benzene rings is 1. The fourth-order valence-corrected chi connectivity index (χ4v) is 2.00. The predicted octanol–water partition coefficient (Wildman–Crippen LogP) is 3.02. The largest absolute Gasteiger partial charge is 0.316 e. The van der Waals surface area contributed by atoms with E-state index in [-0.39, 0.29) is 0 Å². The van der Waals surface area contributed by atoms with E-state index in [4.69, 9.17) is 0 Å². The first-order valence-electron chi connectivity index (χ1n) is 6.30. The van der Waals surface area contributed by atoms with Gasteiger partial charge in [-0.15, -0.1) is 0 Å². The monoisotopic (exact) mass is 228 g/mol. The third-order valence-electron chi connectivity index (χ3n) is 2.86. The van der Waals surface area contributed by atoms with E-state index in [0.29, 0.717) is 5.92 Å². The lowest BCUT2D eigenvalue weighted by atomic mass is 10.1. The highest BCUT2D eigenvalue weighted by atomic mass is 14.8. The summed E-state index contributed by atoms with van der Waals surface area (Å²) < 4.78 is 0. The van der Waals surface area contributed by atoms with Crippen LogP contribution in [0.1, 0.15) is 19.4 Å². The highest BCUT2D eigenvalue weighted by molar-refractivity contribution is 5.81. The summed E-state index contributed by atoms with van der Waals surface area (Å²) in [7, 11) is 0. The summed E-state index contributed by atoms with van der Waals surface area (Å²) in [5.41, 5.74) is 2.47. The van der Waals surface area contributed by atoms with Crippen molar-refractivity contribution in [3.63, 3.8) is 0 Å². The summed E-state index contributed by atoms with van der Waals surface area (Å²) in [4.78, 5) is 4.38. The normalized spacial score (nSPS) is 11.2. The number of pyridine rings is 1. The lowest BCUT2D eigenvalue weighted by Gasteiger charge is -2.09. The molecule has 0 fully saturated rings. The van der Waals surface area contributed by atoms with Gasteiger partial charge in [-0.25, -0.2) is 0 Å². The van der Waals surface area contributed by atoms with Crippen molar-refractivity contribution in [1.29, 1.82) is 0 Å². The minimum Gasteiger partial charge on any atom is -0.316 e. The molecule has 0 aliphatic heterocycles. The van der Waals surface area contributed by atoms with Gasteiger partial charge < -0.3 is 5.32 Å². The van der Waals surface area contributed by atoms with Crippen molar-refractivity contribution in [1.82, 2.24) is 10.3 Å². The molecule has 0 spiro atoms. The third-order valence-corrected chi connectivity index (χ3v) is 2.86. The van der Waals surface area contributed by atoms with Gasteiger partial charge in [-0.1, -0.05) is 32.0 Å².